The van der Waals surface area contributed by atoms with Crippen LogP contribution in [0.1, 0.15) is 12.8 Å². The Morgan fingerprint density at radius 3 is 2.62 bits per heavy atom. The molecule has 0 aliphatic rings. The Bertz CT molecular complexity index is 184. The third-order valence-electron chi connectivity index (χ3n) is 1.48. The molecule has 1 atom stereocenters. The summed E-state index contributed by atoms with van der Waals surface area (Å²) >= 11 is 0. The van der Waals surface area contributed by atoms with Crippen LogP contribution in [0.15, 0.2) is 0 Å². The van der Waals surface area contributed by atoms with Crippen molar-refractivity contribution < 1.29 is 9.90 Å². The van der Waals surface area contributed by atoms with Crippen LogP contribution in [-0.2, 0) is 4.79 Å². The number of aliphatic carboxylic acids is 1. The third kappa shape index (κ3) is 5.88. The van der Waals surface area contributed by atoms with Crippen molar-refractivity contribution in [3.63, 3.8) is 0 Å². The number of nitrogens with one attached hydrogen (secondary N) is 3. The van der Waals surface area contributed by atoms with Gasteiger partial charge in [0.25, 0.3) is 0 Å². The van der Waals surface area contributed by atoms with Gasteiger partial charge in [0.2, 0.25) is 0 Å². The summed E-state index contributed by atoms with van der Waals surface area (Å²) in [5.74, 6) is 3.90. The molecule has 0 saturated carbocycles. The minimum Gasteiger partial charge on any atom is -0.480 e. The second-order valence-corrected chi connectivity index (χ2v) is 2.54. The summed E-state index contributed by atoms with van der Waals surface area (Å²) in [5.41, 5.74) is 7.19. The molecule has 0 radical (unpaired) electrons. The number of guanidine groups is 1. The van der Waals surface area contributed by atoms with Gasteiger partial charge >= 0.3 is 5.97 Å². The van der Waals surface area contributed by atoms with E-state index in [0.717, 1.165) is 0 Å². The molecule has 0 aliphatic heterocycles. The van der Waals surface area contributed by atoms with Gasteiger partial charge in [-0.1, -0.05) is 0 Å². The zero-order valence-corrected chi connectivity index (χ0v) is 7.21. The second-order valence-electron chi connectivity index (χ2n) is 2.54. The topological polar surface area (TPSA) is 137 Å². The molecule has 76 valence electrons. The summed E-state index contributed by atoms with van der Waals surface area (Å²) in [4.78, 5) is 10.4. The molecular formula is C6H15N5O2. The van der Waals surface area contributed by atoms with Gasteiger partial charge in [0, 0.05) is 6.54 Å². The summed E-state index contributed by atoms with van der Waals surface area (Å²) < 4.78 is 0. The van der Waals surface area contributed by atoms with Crippen LogP contribution < -0.4 is 22.3 Å². The Morgan fingerprint density at radius 2 is 2.23 bits per heavy atom. The van der Waals surface area contributed by atoms with Crippen LogP contribution in [-0.4, -0.2) is 29.6 Å². The molecule has 0 fully saturated rings. The van der Waals surface area contributed by atoms with Crippen LogP contribution in [0.3, 0.4) is 0 Å². The summed E-state index contributed by atoms with van der Waals surface area (Å²) in [6.45, 7) is 0.473. The zero-order chi connectivity index (χ0) is 10.3. The highest BCUT2D eigenvalue weighted by atomic mass is 16.4. The van der Waals surface area contributed by atoms with E-state index in [1.807, 2.05) is 0 Å². The highest BCUT2D eigenvalue weighted by Gasteiger charge is 2.13. The van der Waals surface area contributed by atoms with E-state index in [1.54, 1.807) is 0 Å². The average molecular weight is 189 g/mol. The van der Waals surface area contributed by atoms with E-state index in [0.29, 0.717) is 19.4 Å². The molecule has 1 unspecified atom stereocenters. The van der Waals surface area contributed by atoms with Crippen LogP contribution in [0.2, 0.25) is 0 Å². The van der Waals surface area contributed by atoms with Gasteiger partial charge in [-0.05, 0) is 12.8 Å². The Labute approximate surface area is 76.0 Å². The maximum Gasteiger partial charge on any atom is 0.322 e. The molecule has 0 aromatic heterocycles. The fourth-order valence-corrected chi connectivity index (χ4v) is 0.807. The minimum absolute atomic E-state index is 0.118. The summed E-state index contributed by atoms with van der Waals surface area (Å²) in [6, 6.07) is -0.742. The molecule has 0 heterocycles. The van der Waals surface area contributed by atoms with Crippen molar-refractivity contribution >= 4 is 11.9 Å². The van der Waals surface area contributed by atoms with Crippen LogP contribution >= 0.6 is 0 Å². The molecule has 13 heavy (non-hydrogen) atoms. The van der Waals surface area contributed by atoms with Gasteiger partial charge in [0.15, 0.2) is 5.96 Å². The van der Waals surface area contributed by atoms with Gasteiger partial charge in [-0.2, -0.15) is 0 Å². The maximum atomic E-state index is 10.4. The Kier molecular flexibility index (Phi) is 5.57. The average Bonchev–Trinajstić information content (AvgIpc) is 2.03. The summed E-state index contributed by atoms with van der Waals surface area (Å²) in [7, 11) is 0. The van der Waals surface area contributed by atoms with Crippen LogP contribution in [0.4, 0.5) is 0 Å². The zero-order valence-electron chi connectivity index (χ0n) is 7.21. The van der Waals surface area contributed by atoms with Crippen molar-refractivity contribution in [2.75, 3.05) is 6.54 Å². The lowest BCUT2D eigenvalue weighted by atomic mass is 10.1. The van der Waals surface area contributed by atoms with Crippen LogP contribution in [0.25, 0.3) is 0 Å². The van der Waals surface area contributed by atoms with Gasteiger partial charge in [0.05, 0.1) is 0 Å². The van der Waals surface area contributed by atoms with E-state index in [2.05, 4.69) is 10.7 Å². The number of hydrogen-bond acceptors (Lipinski definition) is 4. The number of nitrogens with two attached hydrogens (primary N) is 2. The van der Waals surface area contributed by atoms with Crippen molar-refractivity contribution in [1.29, 1.82) is 5.41 Å². The second kappa shape index (κ2) is 6.21. The fraction of sp³-hybridized carbons (Fsp3) is 0.667. The number of hydrazine groups is 1. The van der Waals surface area contributed by atoms with E-state index < -0.39 is 12.0 Å². The number of carboxylic acids is 1. The Balaban J connectivity index is 3.50. The molecule has 0 bridgehead atoms. The monoisotopic (exact) mass is 189 g/mol. The quantitative estimate of drug-likeness (QED) is 0.0955. The predicted octanol–water partition coefficient (Wildman–Crippen LogP) is -1.83. The van der Waals surface area contributed by atoms with E-state index in [4.69, 9.17) is 22.1 Å². The van der Waals surface area contributed by atoms with Gasteiger partial charge in [-0.3, -0.25) is 16.0 Å². The van der Waals surface area contributed by atoms with Crippen LogP contribution in [0, 0.1) is 5.41 Å². The lowest BCUT2D eigenvalue weighted by molar-refractivity contribution is -0.139. The standard InChI is InChI=1S/C6H15N5O2/c7-6(8)10-3-1-2-4(11-9)5(12)13/h4,11H,1-3,9H2,(H,12,13)(H4,7,8,10). The molecule has 0 rings (SSSR count). The Morgan fingerprint density at radius 1 is 1.62 bits per heavy atom. The molecule has 0 spiro atoms. The normalized spacial score (nSPS) is 12.1. The molecule has 0 saturated heterocycles. The SMILES string of the molecule is N=C(N)NCCCC(NN)C(=O)O. The van der Waals surface area contributed by atoms with Crippen LogP contribution in [0.5, 0.6) is 0 Å². The lowest BCUT2D eigenvalue weighted by Gasteiger charge is -2.10. The highest BCUT2D eigenvalue weighted by Crippen LogP contribution is 1.94. The smallest absolute Gasteiger partial charge is 0.322 e. The van der Waals surface area contributed by atoms with Gasteiger partial charge in [-0.25, -0.2) is 5.43 Å². The van der Waals surface area contributed by atoms with E-state index in [1.165, 1.54) is 0 Å². The van der Waals surface area contributed by atoms with Gasteiger partial charge < -0.3 is 16.2 Å². The predicted molar refractivity (Wildman–Crippen MR) is 47.9 cm³/mol. The summed E-state index contributed by atoms with van der Waals surface area (Å²) in [5, 5.41) is 17.9. The molecule has 0 aliphatic carbocycles. The first-order valence-corrected chi connectivity index (χ1v) is 3.84. The number of carboxylic acid groups (broad SMARTS) is 1. The van der Waals surface area contributed by atoms with Crippen molar-refractivity contribution in [2.24, 2.45) is 11.6 Å². The molecule has 0 amide bonds. The molecule has 8 N–H and O–H groups in total. The number of carbonyl (C=O) groups is 1. The molecule has 7 nitrogen and oxygen atoms in total. The van der Waals surface area contributed by atoms with Crippen molar-refractivity contribution in [3.05, 3.63) is 0 Å². The number of hydrogen-bond donors (Lipinski definition) is 6. The van der Waals surface area contributed by atoms with Gasteiger partial charge in [0.1, 0.15) is 6.04 Å². The number of rotatable bonds is 6. The maximum absolute atomic E-state index is 10.4. The van der Waals surface area contributed by atoms with E-state index in [9.17, 15) is 4.79 Å². The van der Waals surface area contributed by atoms with Crippen molar-refractivity contribution in [1.82, 2.24) is 10.7 Å². The minimum atomic E-state index is -0.981. The largest absolute Gasteiger partial charge is 0.480 e. The first-order valence-electron chi connectivity index (χ1n) is 3.84. The molecule has 0 aromatic carbocycles. The van der Waals surface area contributed by atoms with Crippen molar-refractivity contribution in [3.8, 4) is 0 Å². The first kappa shape index (κ1) is 11.7. The molecule has 7 heteroatoms. The highest BCUT2D eigenvalue weighted by molar-refractivity contribution is 5.74. The van der Waals surface area contributed by atoms with Gasteiger partial charge in [-0.15, -0.1) is 0 Å². The first-order chi connectivity index (χ1) is 6.07. The van der Waals surface area contributed by atoms with E-state index in [-0.39, 0.29) is 5.96 Å². The lowest BCUT2D eigenvalue weighted by Crippen LogP contribution is -2.42. The van der Waals surface area contributed by atoms with Crippen molar-refractivity contribution in [2.45, 2.75) is 18.9 Å². The third-order valence-corrected chi connectivity index (χ3v) is 1.48. The Hall–Kier alpha value is -1.34. The molecule has 0 aromatic rings. The fourth-order valence-electron chi connectivity index (χ4n) is 0.807. The molecular weight excluding hydrogens is 174 g/mol. The summed E-state index contributed by atoms with van der Waals surface area (Å²) in [6.07, 6.45) is 0.979. The van der Waals surface area contributed by atoms with E-state index >= 15 is 0 Å².